The van der Waals surface area contributed by atoms with Gasteiger partial charge in [-0.1, -0.05) is 12.1 Å². The summed E-state index contributed by atoms with van der Waals surface area (Å²) >= 11 is 0. The molecule has 3 fully saturated rings. The number of rotatable bonds is 5. The van der Waals surface area contributed by atoms with Crippen LogP contribution < -0.4 is 22.1 Å². The van der Waals surface area contributed by atoms with E-state index in [-0.39, 0.29) is 11.8 Å². The molecule has 2 amide bonds. The van der Waals surface area contributed by atoms with Crippen LogP contribution in [0.25, 0.3) is 5.69 Å². The van der Waals surface area contributed by atoms with Crippen molar-refractivity contribution in [2.45, 2.75) is 38.1 Å². The summed E-state index contributed by atoms with van der Waals surface area (Å²) in [5, 5.41) is 5.93. The molecule has 34 heavy (non-hydrogen) atoms. The van der Waals surface area contributed by atoms with Crippen LogP contribution in [-0.2, 0) is 6.42 Å². The van der Waals surface area contributed by atoms with E-state index in [4.69, 9.17) is 5.73 Å². The average Bonchev–Trinajstić information content (AvgIpc) is 2.84. The molecule has 1 spiro atoms. The Balaban J connectivity index is 1.13. The molecule has 1 saturated carbocycles. The molecule has 9 heteroatoms. The van der Waals surface area contributed by atoms with Gasteiger partial charge in [0.1, 0.15) is 5.82 Å². The first-order valence-electron chi connectivity index (χ1n) is 12.4. The molecule has 1 aliphatic carbocycles. The number of anilines is 1. The Kier molecular flexibility index (Phi) is 6.67. The van der Waals surface area contributed by atoms with Gasteiger partial charge < -0.3 is 20.9 Å². The maximum Gasteiger partial charge on any atom is 0.354 e. The number of urea groups is 1. The fourth-order valence-electron chi connectivity index (χ4n) is 5.55. The molecule has 9 nitrogen and oxygen atoms in total. The Morgan fingerprint density at radius 2 is 1.79 bits per heavy atom. The normalized spacial score (nSPS) is 20.8. The van der Waals surface area contributed by atoms with Gasteiger partial charge in [-0.05, 0) is 74.4 Å². The molecule has 5 rings (SSSR count). The number of nitrogens with zero attached hydrogens (tertiary/aromatic N) is 4. The smallest absolute Gasteiger partial charge is 0.328 e. The fraction of sp³-hybridized carbons (Fsp3) is 0.560. The van der Waals surface area contributed by atoms with Gasteiger partial charge in [0, 0.05) is 45.0 Å². The largest absolute Gasteiger partial charge is 0.354 e. The first-order chi connectivity index (χ1) is 16.5. The molecule has 0 atom stereocenters. The van der Waals surface area contributed by atoms with Gasteiger partial charge in [0.25, 0.3) is 0 Å². The van der Waals surface area contributed by atoms with Gasteiger partial charge in [-0.2, -0.15) is 4.98 Å². The number of amides is 2. The number of carbonyl (C=O) groups excluding carboxylic acids is 1. The average molecular weight is 466 g/mol. The lowest BCUT2D eigenvalue weighted by atomic mass is 9.61. The minimum absolute atomic E-state index is 0.226. The van der Waals surface area contributed by atoms with E-state index < -0.39 is 5.69 Å². The standard InChI is InChI=1S/C25H35N7O2/c26-20-17-25(18-20)7-13-30(14-8-25)11-5-19-1-3-21(4-2-19)32-12-6-22(29-24(32)34)28-23(33)31-15-9-27-10-16-31/h1-4,6,12,20,27H,5,7-11,13-18,26H2,(H,28,29,33,34). The third kappa shape index (κ3) is 5.16. The van der Waals surface area contributed by atoms with Crippen LogP contribution >= 0.6 is 0 Å². The molecule has 1 aromatic carbocycles. The summed E-state index contributed by atoms with van der Waals surface area (Å²) in [5.74, 6) is 0.272. The topological polar surface area (TPSA) is 109 Å². The number of hydrogen-bond acceptors (Lipinski definition) is 6. The number of benzene rings is 1. The van der Waals surface area contributed by atoms with E-state index in [0.29, 0.717) is 24.5 Å². The van der Waals surface area contributed by atoms with E-state index in [1.807, 2.05) is 12.1 Å². The maximum absolute atomic E-state index is 12.6. The molecule has 0 bridgehead atoms. The first-order valence-corrected chi connectivity index (χ1v) is 12.4. The zero-order chi connectivity index (χ0) is 23.5. The third-order valence-electron chi connectivity index (χ3n) is 7.68. The van der Waals surface area contributed by atoms with Gasteiger partial charge in [0.05, 0.1) is 5.69 Å². The lowest BCUT2D eigenvalue weighted by Gasteiger charge is -2.51. The highest BCUT2D eigenvalue weighted by Crippen LogP contribution is 2.48. The molecular formula is C25H35N7O2. The van der Waals surface area contributed by atoms with E-state index in [1.54, 1.807) is 17.2 Å². The van der Waals surface area contributed by atoms with Crippen molar-refractivity contribution >= 4 is 11.8 Å². The fourth-order valence-corrected chi connectivity index (χ4v) is 5.55. The van der Waals surface area contributed by atoms with Gasteiger partial charge in [-0.25, -0.2) is 9.59 Å². The number of likely N-dealkylation sites (tertiary alicyclic amines) is 1. The van der Waals surface area contributed by atoms with Gasteiger partial charge in [-0.15, -0.1) is 0 Å². The van der Waals surface area contributed by atoms with Crippen LogP contribution in [0.1, 0.15) is 31.2 Å². The number of piperazine rings is 1. The predicted molar refractivity (Wildman–Crippen MR) is 132 cm³/mol. The van der Waals surface area contributed by atoms with Gasteiger partial charge in [0.15, 0.2) is 0 Å². The van der Waals surface area contributed by atoms with Crippen molar-refractivity contribution in [2.24, 2.45) is 11.1 Å². The molecule has 2 aromatic rings. The third-order valence-corrected chi connectivity index (χ3v) is 7.68. The number of piperidine rings is 1. The Morgan fingerprint density at radius 1 is 1.09 bits per heavy atom. The summed E-state index contributed by atoms with van der Waals surface area (Å²) in [4.78, 5) is 33.2. The molecule has 3 heterocycles. The quantitative estimate of drug-likeness (QED) is 0.616. The van der Waals surface area contributed by atoms with Crippen molar-refractivity contribution in [3.8, 4) is 5.69 Å². The molecule has 2 aliphatic heterocycles. The van der Waals surface area contributed by atoms with Crippen molar-refractivity contribution in [1.29, 1.82) is 0 Å². The lowest BCUT2D eigenvalue weighted by molar-refractivity contribution is 0.0185. The Labute approximate surface area is 200 Å². The van der Waals surface area contributed by atoms with Gasteiger partial charge in [-0.3, -0.25) is 9.88 Å². The number of carbonyl (C=O) groups is 1. The second-order valence-corrected chi connectivity index (χ2v) is 10.1. The van der Waals surface area contributed by atoms with Crippen LogP contribution in [0.15, 0.2) is 41.3 Å². The van der Waals surface area contributed by atoms with E-state index in [2.05, 4.69) is 32.7 Å². The molecule has 0 unspecified atom stereocenters. The Bertz CT molecular complexity index is 1050. The molecular weight excluding hydrogens is 430 g/mol. The number of nitrogens with two attached hydrogens (primary N) is 1. The second kappa shape index (κ2) is 9.85. The number of nitrogens with one attached hydrogen (secondary N) is 2. The Morgan fingerprint density at radius 3 is 2.44 bits per heavy atom. The number of aromatic nitrogens is 2. The van der Waals surface area contributed by atoms with Crippen molar-refractivity contribution in [1.82, 2.24) is 24.7 Å². The van der Waals surface area contributed by atoms with Crippen molar-refractivity contribution in [2.75, 3.05) is 51.1 Å². The molecule has 182 valence electrons. The first kappa shape index (κ1) is 23.0. The van der Waals surface area contributed by atoms with E-state index >= 15 is 0 Å². The van der Waals surface area contributed by atoms with Crippen LogP contribution in [0.5, 0.6) is 0 Å². The summed E-state index contributed by atoms with van der Waals surface area (Å²) in [5.41, 5.74) is 8.17. The molecule has 1 aromatic heterocycles. The van der Waals surface area contributed by atoms with E-state index in [9.17, 15) is 9.59 Å². The number of hydrogen-bond donors (Lipinski definition) is 3. The van der Waals surface area contributed by atoms with Crippen molar-refractivity contribution in [3.05, 3.63) is 52.6 Å². The summed E-state index contributed by atoms with van der Waals surface area (Å²) in [6.07, 6.45) is 7.63. The predicted octanol–water partition coefficient (Wildman–Crippen LogP) is 1.42. The molecule has 0 radical (unpaired) electrons. The molecule has 3 aliphatic rings. The summed E-state index contributed by atoms with van der Waals surface area (Å²) in [7, 11) is 0. The van der Waals surface area contributed by atoms with E-state index in [0.717, 1.165) is 31.7 Å². The van der Waals surface area contributed by atoms with Crippen LogP contribution in [0.4, 0.5) is 10.6 Å². The van der Waals surface area contributed by atoms with E-state index in [1.165, 1.54) is 48.9 Å². The zero-order valence-electron chi connectivity index (χ0n) is 19.7. The minimum Gasteiger partial charge on any atom is -0.328 e. The zero-order valence-corrected chi connectivity index (χ0v) is 19.7. The van der Waals surface area contributed by atoms with Crippen LogP contribution in [0.2, 0.25) is 0 Å². The van der Waals surface area contributed by atoms with Crippen LogP contribution in [0, 0.1) is 5.41 Å². The highest BCUT2D eigenvalue weighted by Gasteiger charge is 2.43. The highest BCUT2D eigenvalue weighted by atomic mass is 16.2. The molecule has 4 N–H and O–H groups in total. The van der Waals surface area contributed by atoms with Gasteiger partial charge in [0.2, 0.25) is 0 Å². The second-order valence-electron chi connectivity index (χ2n) is 10.1. The maximum atomic E-state index is 12.6. The van der Waals surface area contributed by atoms with Crippen molar-refractivity contribution in [3.63, 3.8) is 0 Å². The van der Waals surface area contributed by atoms with Crippen molar-refractivity contribution < 1.29 is 4.79 Å². The molecule has 2 saturated heterocycles. The SMILES string of the molecule is NC1CC2(CCN(CCc3ccc(-n4ccc(NC(=O)N5CCNCC5)nc4=O)cc3)CC2)C1. The lowest BCUT2D eigenvalue weighted by Crippen LogP contribution is -2.52. The van der Waals surface area contributed by atoms with Crippen LogP contribution in [0.3, 0.4) is 0 Å². The Hall–Kier alpha value is -2.75. The summed E-state index contributed by atoms with van der Waals surface area (Å²) in [6.45, 7) is 6.22. The monoisotopic (exact) mass is 465 g/mol. The minimum atomic E-state index is -0.413. The highest BCUT2D eigenvalue weighted by molar-refractivity contribution is 5.88. The van der Waals surface area contributed by atoms with Gasteiger partial charge >= 0.3 is 11.7 Å². The summed E-state index contributed by atoms with van der Waals surface area (Å²) in [6, 6.07) is 9.94. The van der Waals surface area contributed by atoms with Crippen LogP contribution in [-0.4, -0.2) is 77.2 Å². The summed E-state index contributed by atoms with van der Waals surface area (Å²) < 4.78 is 1.50.